The van der Waals surface area contributed by atoms with Crippen molar-refractivity contribution in [3.63, 3.8) is 0 Å². The van der Waals surface area contributed by atoms with Gasteiger partial charge in [0, 0.05) is 6.92 Å². The minimum Gasteiger partial charge on any atom is -0.456 e. The third kappa shape index (κ3) is 2.40. The Bertz CT molecular complexity index is 237. The Hall–Kier alpha value is -1.27. The number of carbonyl (C=O) groups excluding carboxylic acids is 1. The number of ether oxygens (including phenoxy) is 2. The van der Waals surface area contributed by atoms with E-state index >= 15 is 0 Å². The largest absolute Gasteiger partial charge is 0.456 e. The maximum absolute atomic E-state index is 10.5. The van der Waals surface area contributed by atoms with E-state index in [1.807, 2.05) is 0 Å². The van der Waals surface area contributed by atoms with Gasteiger partial charge in [-0.1, -0.05) is 5.92 Å². The molecule has 0 bridgehead atoms. The van der Waals surface area contributed by atoms with E-state index in [9.17, 15) is 4.79 Å². The first kappa shape index (κ1) is 8.82. The first-order valence-electron chi connectivity index (χ1n) is 3.65. The zero-order valence-corrected chi connectivity index (χ0v) is 6.82. The van der Waals surface area contributed by atoms with Crippen LogP contribution in [0.25, 0.3) is 0 Å². The standard InChI is InChI=1S/C9H10O3/c1-3-8-4-5-9(6-11-8)12-7(2)10/h1,4-5,8-9H,6H2,2H3/t8-,9-/m0/s1. The van der Waals surface area contributed by atoms with Crippen molar-refractivity contribution in [2.75, 3.05) is 6.61 Å². The maximum Gasteiger partial charge on any atom is 0.303 e. The summed E-state index contributed by atoms with van der Waals surface area (Å²) >= 11 is 0. The fourth-order valence-electron chi connectivity index (χ4n) is 0.925. The lowest BCUT2D eigenvalue weighted by atomic mass is 10.2. The number of hydrogen-bond donors (Lipinski definition) is 0. The highest BCUT2D eigenvalue weighted by atomic mass is 16.6. The van der Waals surface area contributed by atoms with Crippen molar-refractivity contribution < 1.29 is 14.3 Å². The van der Waals surface area contributed by atoms with E-state index in [0.717, 1.165) is 0 Å². The lowest BCUT2D eigenvalue weighted by molar-refractivity contribution is -0.147. The predicted molar refractivity (Wildman–Crippen MR) is 43.3 cm³/mol. The molecule has 0 spiro atoms. The van der Waals surface area contributed by atoms with Crippen molar-refractivity contribution in [2.24, 2.45) is 0 Å². The van der Waals surface area contributed by atoms with Gasteiger partial charge in [-0.25, -0.2) is 0 Å². The number of carbonyl (C=O) groups is 1. The summed E-state index contributed by atoms with van der Waals surface area (Å²) < 4.78 is 10.0. The van der Waals surface area contributed by atoms with Gasteiger partial charge in [0.05, 0.1) is 6.61 Å². The molecule has 2 atom stereocenters. The van der Waals surface area contributed by atoms with Gasteiger partial charge in [-0.05, 0) is 12.2 Å². The quantitative estimate of drug-likeness (QED) is 0.323. The molecule has 0 radical (unpaired) electrons. The van der Waals surface area contributed by atoms with Crippen LogP contribution in [0.2, 0.25) is 0 Å². The van der Waals surface area contributed by atoms with Crippen LogP contribution < -0.4 is 0 Å². The van der Waals surface area contributed by atoms with Crippen molar-refractivity contribution in [1.82, 2.24) is 0 Å². The van der Waals surface area contributed by atoms with E-state index in [4.69, 9.17) is 15.9 Å². The monoisotopic (exact) mass is 166 g/mol. The van der Waals surface area contributed by atoms with Gasteiger partial charge < -0.3 is 9.47 Å². The highest BCUT2D eigenvalue weighted by molar-refractivity contribution is 5.66. The van der Waals surface area contributed by atoms with Crippen molar-refractivity contribution in [3.05, 3.63) is 12.2 Å². The van der Waals surface area contributed by atoms with E-state index in [1.165, 1.54) is 6.92 Å². The molecule has 0 aliphatic carbocycles. The Morgan fingerprint density at radius 2 is 2.50 bits per heavy atom. The van der Waals surface area contributed by atoms with Crippen LogP contribution >= 0.6 is 0 Å². The molecular weight excluding hydrogens is 156 g/mol. The van der Waals surface area contributed by atoms with Crippen LogP contribution in [-0.2, 0) is 14.3 Å². The molecule has 0 saturated carbocycles. The zero-order chi connectivity index (χ0) is 8.97. The Labute approximate surface area is 71.4 Å². The highest BCUT2D eigenvalue weighted by Crippen LogP contribution is 2.07. The molecule has 1 rings (SSSR count). The molecule has 0 aromatic heterocycles. The summed E-state index contributed by atoms with van der Waals surface area (Å²) in [5.74, 6) is 2.12. The maximum atomic E-state index is 10.5. The second kappa shape index (κ2) is 3.93. The molecule has 1 aliphatic rings. The van der Waals surface area contributed by atoms with Gasteiger partial charge in [0.25, 0.3) is 0 Å². The Morgan fingerprint density at radius 1 is 1.75 bits per heavy atom. The lowest BCUT2D eigenvalue weighted by Crippen LogP contribution is -2.27. The van der Waals surface area contributed by atoms with Gasteiger partial charge in [-0.15, -0.1) is 6.42 Å². The number of terminal acetylenes is 1. The predicted octanol–water partition coefficient (Wildman–Crippen LogP) is 0.506. The summed E-state index contributed by atoms with van der Waals surface area (Å²) in [4.78, 5) is 10.5. The lowest BCUT2D eigenvalue weighted by Gasteiger charge is -2.19. The van der Waals surface area contributed by atoms with Crippen LogP contribution in [0.3, 0.4) is 0 Å². The zero-order valence-electron chi connectivity index (χ0n) is 6.82. The summed E-state index contributed by atoms with van der Waals surface area (Å²) in [5.41, 5.74) is 0. The summed E-state index contributed by atoms with van der Waals surface area (Å²) in [6, 6.07) is 0. The van der Waals surface area contributed by atoms with E-state index < -0.39 is 0 Å². The summed E-state index contributed by atoms with van der Waals surface area (Å²) in [7, 11) is 0. The molecule has 0 fully saturated rings. The Balaban J connectivity index is 2.44. The van der Waals surface area contributed by atoms with Gasteiger partial charge in [-0.2, -0.15) is 0 Å². The van der Waals surface area contributed by atoms with E-state index in [-0.39, 0.29) is 18.2 Å². The molecule has 12 heavy (non-hydrogen) atoms. The first-order valence-corrected chi connectivity index (χ1v) is 3.65. The van der Waals surface area contributed by atoms with Gasteiger partial charge in [0.2, 0.25) is 0 Å². The third-order valence-corrected chi connectivity index (χ3v) is 1.42. The van der Waals surface area contributed by atoms with Crippen LogP contribution in [0.1, 0.15) is 6.92 Å². The molecule has 3 nitrogen and oxygen atoms in total. The summed E-state index contributed by atoms with van der Waals surface area (Å²) in [5, 5.41) is 0. The molecule has 3 heteroatoms. The molecular formula is C9H10O3. The molecule has 1 heterocycles. The second-order valence-electron chi connectivity index (χ2n) is 2.45. The molecule has 0 amide bonds. The van der Waals surface area contributed by atoms with Crippen molar-refractivity contribution in [2.45, 2.75) is 19.1 Å². The topological polar surface area (TPSA) is 35.5 Å². The van der Waals surface area contributed by atoms with Crippen molar-refractivity contribution in [1.29, 1.82) is 0 Å². The van der Waals surface area contributed by atoms with E-state index in [1.54, 1.807) is 12.2 Å². The molecule has 1 aliphatic heterocycles. The molecule has 64 valence electrons. The molecule has 0 unspecified atom stereocenters. The Morgan fingerprint density at radius 3 is 2.92 bits per heavy atom. The highest BCUT2D eigenvalue weighted by Gasteiger charge is 2.15. The van der Waals surface area contributed by atoms with Crippen LogP contribution in [0.15, 0.2) is 12.2 Å². The normalized spacial score (nSPS) is 27.7. The number of esters is 1. The fourth-order valence-corrected chi connectivity index (χ4v) is 0.925. The molecule has 0 aromatic carbocycles. The van der Waals surface area contributed by atoms with E-state index in [0.29, 0.717) is 6.61 Å². The average molecular weight is 166 g/mol. The van der Waals surface area contributed by atoms with Crippen molar-refractivity contribution in [3.8, 4) is 12.3 Å². The average Bonchev–Trinajstić information content (AvgIpc) is 2.05. The molecule has 0 N–H and O–H groups in total. The third-order valence-electron chi connectivity index (χ3n) is 1.42. The van der Waals surface area contributed by atoms with Gasteiger partial charge in [0.15, 0.2) is 0 Å². The minimum absolute atomic E-state index is 0.281. The molecule has 0 saturated heterocycles. The SMILES string of the molecule is C#C[C@H]1C=C[C@H](OC(C)=O)CO1. The first-order chi connectivity index (χ1) is 5.72. The summed E-state index contributed by atoms with van der Waals surface area (Å²) in [6.07, 6.45) is 8.00. The van der Waals surface area contributed by atoms with Gasteiger partial charge >= 0.3 is 5.97 Å². The summed E-state index contributed by atoms with van der Waals surface area (Å²) in [6.45, 7) is 1.70. The van der Waals surface area contributed by atoms with Crippen LogP contribution in [0, 0.1) is 12.3 Å². The second-order valence-corrected chi connectivity index (χ2v) is 2.45. The van der Waals surface area contributed by atoms with Gasteiger partial charge in [-0.3, -0.25) is 4.79 Å². The molecule has 0 aromatic rings. The van der Waals surface area contributed by atoms with E-state index in [2.05, 4.69) is 5.92 Å². The number of hydrogen-bond acceptors (Lipinski definition) is 3. The minimum atomic E-state index is -0.313. The van der Waals surface area contributed by atoms with Gasteiger partial charge in [0.1, 0.15) is 12.2 Å². The smallest absolute Gasteiger partial charge is 0.303 e. The Kier molecular flexibility index (Phi) is 2.89. The van der Waals surface area contributed by atoms with Crippen LogP contribution in [0.4, 0.5) is 0 Å². The number of rotatable bonds is 1. The van der Waals surface area contributed by atoms with Crippen LogP contribution in [-0.4, -0.2) is 24.8 Å². The van der Waals surface area contributed by atoms with Crippen LogP contribution in [0.5, 0.6) is 0 Å². The fraction of sp³-hybridized carbons (Fsp3) is 0.444. The van der Waals surface area contributed by atoms with Crippen molar-refractivity contribution >= 4 is 5.97 Å².